The number of carbonyl (C=O) groups is 2. The van der Waals surface area contributed by atoms with Gasteiger partial charge in [0.25, 0.3) is 0 Å². The Morgan fingerprint density at radius 2 is 1.62 bits per heavy atom. The fourth-order valence-electron chi connectivity index (χ4n) is 8.68. The number of carboxylic acid groups (broad SMARTS) is 2. The maximum atomic E-state index is 11.5. The lowest BCUT2D eigenvalue weighted by Gasteiger charge is -2.63. The highest BCUT2D eigenvalue weighted by Gasteiger charge is 2.65. The summed E-state index contributed by atoms with van der Waals surface area (Å²) < 4.78 is 0. The third-order valence-corrected chi connectivity index (χ3v) is 10.5. The normalized spacial score (nSPS) is 46.2. The number of nitrogens with two attached hydrogens (primary N) is 1. The minimum Gasteiger partial charge on any atom is -0.481 e. The van der Waals surface area contributed by atoms with Crippen molar-refractivity contribution in [2.75, 3.05) is 6.54 Å². The standard InChI is InChI=1S/C24H40O5.C2H5NO2/c1-13(4-7-21(28)29)16-5-6-17-22-18(12-20(27)24(16,17)3)23(2)9-8-15(25)10-14(23)11-19(22)26;3-1-2(4)5/h13-20,22,25-27H,4-12H2,1-3H3,(H,28,29);1,3H2,(H,4,5)/t13-,14+,15-,16-,17+,18+,19-,20+,22+,23+,24-;/m1./s1. The molecule has 0 aromatic rings. The highest BCUT2D eigenvalue weighted by Crippen LogP contribution is 2.68. The van der Waals surface area contributed by atoms with Crippen LogP contribution in [0.2, 0.25) is 0 Å². The SMILES string of the molecule is C[C@H](CCC(=O)O)[C@H]1CC[C@H]2[C@@H]3[C@H](O)C[C@@H]4C[C@H](O)CC[C@]4(C)[C@H]3C[C@H](O)[C@]12C.NCC(=O)O. The van der Waals surface area contributed by atoms with Crippen molar-refractivity contribution in [1.82, 2.24) is 0 Å². The van der Waals surface area contributed by atoms with Gasteiger partial charge in [-0.25, -0.2) is 0 Å². The molecule has 0 aliphatic heterocycles. The summed E-state index contributed by atoms with van der Waals surface area (Å²) in [5, 5.41) is 49.6. The van der Waals surface area contributed by atoms with Crippen molar-refractivity contribution in [2.24, 2.45) is 52.1 Å². The van der Waals surface area contributed by atoms with Gasteiger partial charge in [0.05, 0.1) is 24.9 Å². The summed E-state index contributed by atoms with van der Waals surface area (Å²) in [7, 11) is 0. The lowest BCUT2D eigenvalue weighted by atomic mass is 9.43. The molecule has 0 bridgehead atoms. The molecule has 4 aliphatic carbocycles. The van der Waals surface area contributed by atoms with E-state index in [1.165, 1.54) is 0 Å². The molecule has 0 aromatic heterocycles. The van der Waals surface area contributed by atoms with Crippen LogP contribution in [-0.2, 0) is 9.59 Å². The molecule has 0 heterocycles. The van der Waals surface area contributed by atoms with Crippen molar-refractivity contribution >= 4 is 11.9 Å². The maximum absolute atomic E-state index is 11.5. The van der Waals surface area contributed by atoms with E-state index in [0.717, 1.165) is 44.9 Å². The highest BCUT2D eigenvalue weighted by atomic mass is 16.4. The van der Waals surface area contributed by atoms with Gasteiger partial charge in [-0.1, -0.05) is 20.8 Å². The summed E-state index contributed by atoms with van der Waals surface area (Å²) in [4.78, 5) is 20.3. The van der Waals surface area contributed by atoms with E-state index in [-0.39, 0.29) is 47.8 Å². The maximum Gasteiger partial charge on any atom is 0.317 e. The highest BCUT2D eigenvalue weighted by molar-refractivity contribution is 5.68. The second kappa shape index (κ2) is 10.4. The minimum atomic E-state index is -0.968. The molecule has 4 aliphatic rings. The van der Waals surface area contributed by atoms with Crippen LogP contribution in [0.4, 0.5) is 0 Å². The van der Waals surface area contributed by atoms with Crippen molar-refractivity contribution in [3.8, 4) is 0 Å². The van der Waals surface area contributed by atoms with Crippen LogP contribution in [0.3, 0.4) is 0 Å². The fourth-order valence-corrected chi connectivity index (χ4v) is 8.68. The molecule has 0 aromatic carbocycles. The van der Waals surface area contributed by atoms with Crippen molar-refractivity contribution in [1.29, 1.82) is 0 Å². The first-order chi connectivity index (χ1) is 15.9. The Bertz CT molecular complexity index is 747. The smallest absolute Gasteiger partial charge is 0.317 e. The minimum absolute atomic E-state index is 0.0957. The Balaban J connectivity index is 0.000000588. The Morgan fingerprint density at radius 1 is 0.971 bits per heavy atom. The van der Waals surface area contributed by atoms with Gasteiger partial charge >= 0.3 is 11.9 Å². The quantitative estimate of drug-likeness (QED) is 0.347. The van der Waals surface area contributed by atoms with Crippen molar-refractivity contribution in [3.05, 3.63) is 0 Å². The van der Waals surface area contributed by atoms with E-state index in [1.807, 2.05) is 0 Å². The summed E-state index contributed by atoms with van der Waals surface area (Å²) in [5.41, 5.74) is 4.43. The molecule has 0 amide bonds. The van der Waals surface area contributed by atoms with E-state index in [9.17, 15) is 24.9 Å². The van der Waals surface area contributed by atoms with Gasteiger partial charge in [0.15, 0.2) is 0 Å². The number of hydrogen-bond donors (Lipinski definition) is 6. The number of fused-ring (bicyclic) bond motifs is 5. The van der Waals surface area contributed by atoms with Crippen molar-refractivity contribution in [2.45, 2.75) is 96.9 Å². The second-order valence-electron chi connectivity index (χ2n) is 12.0. The van der Waals surface area contributed by atoms with Gasteiger partial charge in [0.1, 0.15) is 0 Å². The van der Waals surface area contributed by atoms with Crippen LogP contribution in [-0.4, -0.2) is 62.3 Å². The molecule has 34 heavy (non-hydrogen) atoms. The molecule has 0 saturated heterocycles. The van der Waals surface area contributed by atoms with E-state index in [0.29, 0.717) is 30.1 Å². The number of hydrogen-bond acceptors (Lipinski definition) is 6. The molecule has 4 fully saturated rings. The number of aliphatic hydroxyl groups is 3. The Hall–Kier alpha value is -1.22. The molecule has 0 spiro atoms. The lowest BCUT2D eigenvalue weighted by molar-refractivity contribution is -0.207. The van der Waals surface area contributed by atoms with Gasteiger partial charge in [0.2, 0.25) is 0 Å². The van der Waals surface area contributed by atoms with Crippen LogP contribution in [0.5, 0.6) is 0 Å². The average molecular weight is 484 g/mol. The van der Waals surface area contributed by atoms with Gasteiger partial charge in [-0.2, -0.15) is 0 Å². The molecule has 7 N–H and O–H groups in total. The predicted molar refractivity (Wildman–Crippen MR) is 127 cm³/mol. The Labute approximate surface area is 202 Å². The molecular weight excluding hydrogens is 438 g/mol. The molecule has 4 rings (SSSR count). The monoisotopic (exact) mass is 483 g/mol. The van der Waals surface area contributed by atoms with Crippen LogP contribution in [0, 0.1) is 46.3 Å². The first-order valence-electron chi connectivity index (χ1n) is 13.0. The molecule has 0 radical (unpaired) electrons. The molecule has 8 heteroatoms. The summed E-state index contributed by atoms with van der Waals surface area (Å²) >= 11 is 0. The van der Waals surface area contributed by atoms with Gasteiger partial charge in [-0.15, -0.1) is 0 Å². The second-order valence-corrected chi connectivity index (χ2v) is 12.0. The van der Waals surface area contributed by atoms with E-state index in [4.69, 9.17) is 10.2 Å². The zero-order valence-electron chi connectivity index (χ0n) is 20.9. The third-order valence-electron chi connectivity index (χ3n) is 10.5. The van der Waals surface area contributed by atoms with Crippen LogP contribution in [0.25, 0.3) is 0 Å². The van der Waals surface area contributed by atoms with Crippen LogP contribution < -0.4 is 5.73 Å². The third kappa shape index (κ3) is 4.88. The molecule has 4 saturated carbocycles. The summed E-state index contributed by atoms with van der Waals surface area (Å²) in [6.07, 6.45) is 6.00. The number of aliphatic carboxylic acids is 2. The van der Waals surface area contributed by atoms with E-state index in [1.54, 1.807) is 0 Å². The summed E-state index contributed by atoms with van der Waals surface area (Å²) in [6, 6.07) is 0. The number of carboxylic acids is 2. The van der Waals surface area contributed by atoms with Gasteiger partial charge in [-0.3, -0.25) is 9.59 Å². The van der Waals surface area contributed by atoms with E-state index in [2.05, 4.69) is 26.5 Å². The lowest BCUT2D eigenvalue weighted by Crippen LogP contribution is -2.62. The predicted octanol–water partition coefficient (Wildman–Crippen LogP) is 2.48. The van der Waals surface area contributed by atoms with Crippen LogP contribution in [0.1, 0.15) is 78.6 Å². The molecule has 8 nitrogen and oxygen atoms in total. The fraction of sp³-hybridized carbons (Fsp3) is 0.923. The van der Waals surface area contributed by atoms with Crippen LogP contribution in [0.15, 0.2) is 0 Å². The zero-order chi connectivity index (χ0) is 25.4. The first-order valence-corrected chi connectivity index (χ1v) is 13.0. The van der Waals surface area contributed by atoms with Crippen LogP contribution >= 0.6 is 0 Å². The van der Waals surface area contributed by atoms with Gasteiger partial charge < -0.3 is 31.3 Å². The summed E-state index contributed by atoms with van der Waals surface area (Å²) in [5.74, 6) is 0.0298. The van der Waals surface area contributed by atoms with Gasteiger partial charge in [0, 0.05) is 6.42 Å². The van der Waals surface area contributed by atoms with E-state index < -0.39 is 18.0 Å². The molecule has 196 valence electrons. The Kier molecular flexibility index (Phi) is 8.38. The zero-order valence-corrected chi connectivity index (χ0v) is 20.9. The largest absolute Gasteiger partial charge is 0.481 e. The molecule has 11 atom stereocenters. The van der Waals surface area contributed by atoms with Crippen molar-refractivity contribution in [3.63, 3.8) is 0 Å². The van der Waals surface area contributed by atoms with E-state index >= 15 is 0 Å². The number of rotatable bonds is 5. The summed E-state index contributed by atoms with van der Waals surface area (Å²) in [6.45, 7) is 6.45. The topological polar surface area (TPSA) is 161 Å². The molecule has 0 unspecified atom stereocenters. The van der Waals surface area contributed by atoms with Gasteiger partial charge in [-0.05, 0) is 97.7 Å². The first kappa shape index (κ1) is 27.4. The molecular formula is C26H45NO7. The Morgan fingerprint density at radius 3 is 2.21 bits per heavy atom. The number of aliphatic hydroxyl groups excluding tert-OH is 3. The average Bonchev–Trinajstić information content (AvgIpc) is 3.13. The van der Waals surface area contributed by atoms with Crippen molar-refractivity contribution < 1.29 is 35.1 Å².